The number of hydrogen-bond acceptors (Lipinski definition) is 3. The highest BCUT2D eigenvalue weighted by Gasteiger charge is 2.31. The minimum Gasteiger partial charge on any atom is -0.361 e. The van der Waals surface area contributed by atoms with Crippen molar-refractivity contribution < 1.29 is 9.32 Å². The van der Waals surface area contributed by atoms with Crippen LogP contribution in [0, 0.1) is 13.8 Å². The van der Waals surface area contributed by atoms with E-state index >= 15 is 0 Å². The van der Waals surface area contributed by atoms with Crippen LogP contribution < -0.4 is 0 Å². The van der Waals surface area contributed by atoms with E-state index in [2.05, 4.69) is 36.3 Å². The van der Waals surface area contributed by atoms with Crippen LogP contribution in [0.1, 0.15) is 46.3 Å². The zero-order valence-electron chi connectivity index (χ0n) is 11.8. The van der Waals surface area contributed by atoms with Gasteiger partial charge in [0.2, 0.25) is 0 Å². The lowest BCUT2D eigenvalue weighted by Gasteiger charge is -2.24. The molecule has 4 heteroatoms. The largest absolute Gasteiger partial charge is 0.361 e. The lowest BCUT2D eigenvalue weighted by Crippen LogP contribution is -2.30. The van der Waals surface area contributed by atoms with E-state index in [1.165, 1.54) is 11.1 Å². The molecular formula is C16H18N2O2. The Bertz CT molecular complexity index is 616. The van der Waals surface area contributed by atoms with Crippen molar-refractivity contribution in [1.82, 2.24) is 10.1 Å². The Kier molecular flexibility index (Phi) is 3.30. The minimum absolute atomic E-state index is 0.0371. The number of carbonyl (C=O) groups excluding carboxylic acids is 1. The summed E-state index contributed by atoms with van der Waals surface area (Å²) in [5.74, 6) is 0.629. The second-order valence-corrected chi connectivity index (χ2v) is 5.39. The molecule has 0 radical (unpaired) electrons. The first-order chi connectivity index (χ1) is 9.65. The van der Waals surface area contributed by atoms with Gasteiger partial charge in [0.25, 0.3) is 5.91 Å². The van der Waals surface area contributed by atoms with Crippen LogP contribution in [0.25, 0.3) is 0 Å². The number of nitrogens with zero attached hydrogens (tertiary/aromatic N) is 2. The zero-order valence-corrected chi connectivity index (χ0v) is 11.8. The van der Waals surface area contributed by atoms with E-state index in [1.54, 1.807) is 13.0 Å². The zero-order chi connectivity index (χ0) is 14.1. The lowest BCUT2D eigenvalue weighted by molar-refractivity contribution is 0.0725. The summed E-state index contributed by atoms with van der Waals surface area (Å²) in [6, 6.07) is 10.3. The van der Waals surface area contributed by atoms with Gasteiger partial charge < -0.3 is 9.42 Å². The summed E-state index contributed by atoms with van der Waals surface area (Å²) in [4.78, 5) is 14.4. The average molecular weight is 270 g/mol. The van der Waals surface area contributed by atoms with E-state index in [4.69, 9.17) is 4.52 Å². The molecular weight excluding hydrogens is 252 g/mol. The molecule has 104 valence electrons. The maximum atomic E-state index is 12.5. The molecule has 1 aliphatic rings. The van der Waals surface area contributed by atoms with Crippen molar-refractivity contribution in [1.29, 1.82) is 0 Å². The summed E-state index contributed by atoms with van der Waals surface area (Å²) in [5, 5.41) is 3.84. The highest BCUT2D eigenvalue weighted by Crippen LogP contribution is 2.33. The molecule has 1 aromatic carbocycles. The summed E-state index contributed by atoms with van der Waals surface area (Å²) in [5.41, 5.74) is 2.83. The first-order valence-corrected chi connectivity index (χ1v) is 6.96. The molecule has 1 aromatic heterocycles. The third kappa shape index (κ3) is 2.33. The fourth-order valence-corrected chi connectivity index (χ4v) is 2.76. The van der Waals surface area contributed by atoms with Crippen molar-refractivity contribution in [3.05, 3.63) is 52.9 Å². The number of hydrogen-bond donors (Lipinski definition) is 0. The minimum atomic E-state index is -0.0371. The summed E-state index contributed by atoms with van der Waals surface area (Å²) in [7, 11) is 0. The van der Waals surface area contributed by atoms with Crippen LogP contribution >= 0.6 is 0 Å². The third-order valence-corrected chi connectivity index (χ3v) is 3.82. The van der Waals surface area contributed by atoms with Crippen LogP contribution in [0.2, 0.25) is 0 Å². The second-order valence-electron chi connectivity index (χ2n) is 5.39. The topological polar surface area (TPSA) is 46.3 Å². The number of amides is 1. The van der Waals surface area contributed by atoms with Gasteiger partial charge in [0.05, 0.1) is 6.04 Å². The Morgan fingerprint density at radius 1 is 1.30 bits per heavy atom. The standard InChI is InChI=1S/C16H18N2O2/c1-11-5-7-13(8-6-11)15-4-3-9-18(15)16(19)14-10-12(2)20-17-14/h5-8,10,15H,3-4,9H2,1-2H3/t15-/m1/s1. The molecule has 1 fully saturated rings. The van der Waals surface area contributed by atoms with Crippen LogP contribution in [-0.4, -0.2) is 22.5 Å². The van der Waals surface area contributed by atoms with Crippen molar-refractivity contribution in [2.75, 3.05) is 6.54 Å². The smallest absolute Gasteiger partial charge is 0.276 e. The number of carbonyl (C=O) groups is 1. The number of likely N-dealkylation sites (tertiary alicyclic amines) is 1. The van der Waals surface area contributed by atoms with Crippen LogP contribution in [0.3, 0.4) is 0 Å². The Morgan fingerprint density at radius 3 is 2.70 bits per heavy atom. The molecule has 1 aliphatic heterocycles. The Labute approximate surface area is 118 Å². The molecule has 4 nitrogen and oxygen atoms in total. The molecule has 2 aromatic rings. The van der Waals surface area contributed by atoms with Crippen molar-refractivity contribution in [3.8, 4) is 0 Å². The van der Waals surface area contributed by atoms with Crippen LogP contribution in [0.4, 0.5) is 0 Å². The van der Waals surface area contributed by atoms with Gasteiger partial charge in [-0.05, 0) is 32.3 Å². The van der Waals surface area contributed by atoms with Crippen LogP contribution in [-0.2, 0) is 0 Å². The van der Waals surface area contributed by atoms with Gasteiger partial charge in [0, 0.05) is 12.6 Å². The van der Waals surface area contributed by atoms with Gasteiger partial charge in [-0.2, -0.15) is 0 Å². The highest BCUT2D eigenvalue weighted by atomic mass is 16.5. The number of benzene rings is 1. The second kappa shape index (κ2) is 5.12. The van der Waals surface area contributed by atoms with Crippen LogP contribution in [0.15, 0.2) is 34.9 Å². The number of aromatic nitrogens is 1. The van der Waals surface area contributed by atoms with Gasteiger partial charge in [-0.15, -0.1) is 0 Å². The van der Waals surface area contributed by atoms with E-state index in [1.807, 2.05) is 4.90 Å². The van der Waals surface area contributed by atoms with E-state index in [9.17, 15) is 4.79 Å². The molecule has 20 heavy (non-hydrogen) atoms. The van der Waals surface area contributed by atoms with Crippen molar-refractivity contribution >= 4 is 5.91 Å². The van der Waals surface area contributed by atoms with E-state index in [-0.39, 0.29) is 11.9 Å². The van der Waals surface area contributed by atoms with Gasteiger partial charge in [0.1, 0.15) is 5.76 Å². The fraction of sp³-hybridized carbons (Fsp3) is 0.375. The van der Waals surface area contributed by atoms with Crippen molar-refractivity contribution in [2.24, 2.45) is 0 Å². The van der Waals surface area contributed by atoms with Crippen LogP contribution in [0.5, 0.6) is 0 Å². The molecule has 0 spiro atoms. The molecule has 0 N–H and O–H groups in total. The fourth-order valence-electron chi connectivity index (χ4n) is 2.76. The van der Waals surface area contributed by atoms with Gasteiger partial charge in [-0.1, -0.05) is 35.0 Å². The van der Waals surface area contributed by atoms with Crippen molar-refractivity contribution in [3.63, 3.8) is 0 Å². The average Bonchev–Trinajstić information content (AvgIpc) is 3.07. The predicted molar refractivity (Wildman–Crippen MR) is 75.4 cm³/mol. The summed E-state index contributed by atoms with van der Waals surface area (Å²) in [6.45, 7) is 4.65. The van der Waals surface area contributed by atoms with E-state index in [0.29, 0.717) is 11.5 Å². The van der Waals surface area contributed by atoms with Gasteiger partial charge in [-0.3, -0.25) is 4.79 Å². The van der Waals surface area contributed by atoms with Gasteiger partial charge in [-0.25, -0.2) is 0 Å². The molecule has 1 saturated heterocycles. The van der Waals surface area contributed by atoms with Gasteiger partial charge in [0.15, 0.2) is 5.69 Å². The lowest BCUT2D eigenvalue weighted by atomic mass is 10.0. The Balaban J connectivity index is 1.85. The summed E-state index contributed by atoms with van der Waals surface area (Å²) in [6.07, 6.45) is 2.03. The van der Waals surface area contributed by atoms with E-state index < -0.39 is 0 Å². The summed E-state index contributed by atoms with van der Waals surface area (Å²) < 4.78 is 5.00. The molecule has 3 rings (SSSR count). The molecule has 1 atom stereocenters. The number of rotatable bonds is 2. The summed E-state index contributed by atoms with van der Waals surface area (Å²) >= 11 is 0. The Hall–Kier alpha value is -2.10. The molecule has 0 aliphatic carbocycles. The molecule has 1 amide bonds. The normalized spacial score (nSPS) is 18.5. The molecule has 0 bridgehead atoms. The third-order valence-electron chi connectivity index (χ3n) is 3.82. The van der Waals surface area contributed by atoms with Crippen molar-refractivity contribution in [2.45, 2.75) is 32.7 Å². The highest BCUT2D eigenvalue weighted by molar-refractivity contribution is 5.92. The first-order valence-electron chi connectivity index (χ1n) is 6.96. The molecule has 2 heterocycles. The van der Waals surface area contributed by atoms with Gasteiger partial charge >= 0.3 is 0 Å². The SMILES string of the molecule is Cc1ccc([C@H]2CCCN2C(=O)c2cc(C)on2)cc1. The first kappa shape index (κ1) is 12.9. The Morgan fingerprint density at radius 2 is 2.05 bits per heavy atom. The maximum absolute atomic E-state index is 12.5. The maximum Gasteiger partial charge on any atom is 0.276 e. The van der Waals surface area contributed by atoms with E-state index in [0.717, 1.165) is 19.4 Å². The predicted octanol–water partition coefficient (Wildman–Crippen LogP) is 3.27. The number of aryl methyl sites for hydroxylation is 2. The monoisotopic (exact) mass is 270 g/mol. The quantitative estimate of drug-likeness (QED) is 0.841. The molecule has 0 unspecified atom stereocenters. The molecule has 0 saturated carbocycles.